The van der Waals surface area contributed by atoms with E-state index in [1.807, 2.05) is 74.5 Å². The van der Waals surface area contributed by atoms with Crippen LogP contribution in [0.1, 0.15) is 37.3 Å². The summed E-state index contributed by atoms with van der Waals surface area (Å²) < 4.78 is 0. The van der Waals surface area contributed by atoms with E-state index in [4.69, 9.17) is 0 Å². The first kappa shape index (κ1) is 17.7. The van der Waals surface area contributed by atoms with Gasteiger partial charge in [0, 0.05) is 18.4 Å². The van der Waals surface area contributed by atoms with Crippen molar-refractivity contribution in [2.24, 2.45) is 0 Å². The average Bonchev–Trinajstić information content (AvgIpc) is 2.59. The molecule has 2 amide bonds. The molecule has 0 bridgehead atoms. The fraction of sp³-hybridized carbons (Fsp3) is 0.300. The van der Waals surface area contributed by atoms with Crippen LogP contribution in [-0.4, -0.2) is 24.4 Å². The highest BCUT2D eigenvalue weighted by atomic mass is 16.2. The molecular weight excluding hydrogens is 300 g/mol. The minimum Gasteiger partial charge on any atom is -0.352 e. The van der Waals surface area contributed by atoms with Crippen molar-refractivity contribution in [1.82, 2.24) is 10.6 Å². The minimum atomic E-state index is -0.172. The number of amides is 2. The molecule has 0 aromatic heterocycles. The maximum absolute atomic E-state index is 12.3. The average molecular weight is 324 g/mol. The zero-order valence-electron chi connectivity index (χ0n) is 14.2. The van der Waals surface area contributed by atoms with Crippen molar-refractivity contribution in [3.63, 3.8) is 0 Å². The highest BCUT2D eigenvalue weighted by Crippen LogP contribution is 2.27. The highest BCUT2D eigenvalue weighted by molar-refractivity contribution is 5.85. The molecule has 0 atom stereocenters. The molecule has 0 aliphatic carbocycles. The van der Waals surface area contributed by atoms with Gasteiger partial charge in [-0.3, -0.25) is 9.59 Å². The fourth-order valence-corrected chi connectivity index (χ4v) is 2.61. The van der Waals surface area contributed by atoms with E-state index >= 15 is 0 Å². The van der Waals surface area contributed by atoms with E-state index in [-0.39, 0.29) is 30.3 Å². The number of carbonyl (C=O) groups excluding carboxylic acids is 2. The van der Waals surface area contributed by atoms with Gasteiger partial charge in [0.2, 0.25) is 11.8 Å². The molecule has 126 valence electrons. The molecule has 4 nitrogen and oxygen atoms in total. The smallest absolute Gasteiger partial charge is 0.239 e. The molecule has 0 saturated heterocycles. The Bertz CT molecular complexity index is 614. The largest absolute Gasteiger partial charge is 0.352 e. The van der Waals surface area contributed by atoms with Gasteiger partial charge >= 0.3 is 0 Å². The van der Waals surface area contributed by atoms with Gasteiger partial charge in [-0.05, 0) is 25.0 Å². The lowest BCUT2D eigenvalue weighted by Crippen LogP contribution is -2.40. The summed E-state index contributed by atoms with van der Waals surface area (Å²) in [7, 11) is 0. The lowest BCUT2D eigenvalue weighted by molar-refractivity contribution is -0.126. The predicted octanol–water partition coefficient (Wildman–Crippen LogP) is 2.85. The third-order valence-electron chi connectivity index (χ3n) is 3.69. The lowest BCUT2D eigenvalue weighted by Gasteiger charge is -2.18. The molecule has 0 heterocycles. The second-order valence-corrected chi connectivity index (χ2v) is 6.08. The lowest BCUT2D eigenvalue weighted by atomic mass is 9.88. The first-order valence-electron chi connectivity index (χ1n) is 8.22. The van der Waals surface area contributed by atoms with Crippen LogP contribution in [-0.2, 0) is 9.59 Å². The van der Waals surface area contributed by atoms with Gasteiger partial charge in [0.25, 0.3) is 0 Å². The highest BCUT2D eigenvalue weighted by Gasteiger charge is 2.18. The molecule has 0 unspecified atom stereocenters. The summed E-state index contributed by atoms with van der Waals surface area (Å²) in [5.74, 6) is -0.332. The summed E-state index contributed by atoms with van der Waals surface area (Å²) in [6, 6.07) is 20.0. The SMILES string of the molecule is CC(C)NC(=O)CNC(=O)CC(c1ccccc1)c1ccccc1. The number of benzene rings is 2. The quantitative estimate of drug-likeness (QED) is 0.823. The maximum Gasteiger partial charge on any atom is 0.239 e. The Balaban J connectivity index is 2.04. The Morgan fingerprint density at radius 3 is 1.79 bits per heavy atom. The van der Waals surface area contributed by atoms with Gasteiger partial charge in [-0.1, -0.05) is 60.7 Å². The Morgan fingerprint density at radius 2 is 1.33 bits per heavy atom. The monoisotopic (exact) mass is 324 g/mol. The van der Waals surface area contributed by atoms with E-state index < -0.39 is 0 Å². The van der Waals surface area contributed by atoms with E-state index in [9.17, 15) is 9.59 Å². The van der Waals surface area contributed by atoms with Crippen LogP contribution in [0.25, 0.3) is 0 Å². The summed E-state index contributed by atoms with van der Waals surface area (Å²) in [5, 5.41) is 5.47. The van der Waals surface area contributed by atoms with Crippen LogP contribution < -0.4 is 10.6 Å². The number of nitrogens with one attached hydrogen (secondary N) is 2. The Labute approximate surface area is 143 Å². The second-order valence-electron chi connectivity index (χ2n) is 6.08. The molecule has 24 heavy (non-hydrogen) atoms. The van der Waals surface area contributed by atoms with Crippen LogP contribution in [0.5, 0.6) is 0 Å². The number of carbonyl (C=O) groups is 2. The minimum absolute atomic E-state index is 0.00725. The summed E-state index contributed by atoms with van der Waals surface area (Å²) in [4.78, 5) is 24.0. The van der Waals surface area contributed by atoms with Crippen LogP contribution in [0.4, 0.5) is 0 Å². The van der Waals surface area contributed by atoms with E-state index in [0.717, 1.165) is 11.1 Å². The summed E-state index contributed by atoms with van der Waals surface area (Å²) >= 11 is 0. The van der Waals surface area contributed by atoms with Crippen LogP contribution in [0, 0.1) is 0 Å². The molecule has 2 aromatic carbocycles. The summed E-state index contributed by atoms with van der Waals surface area (Å²) in [6.07, 6.45) is 0.309. The van der Waals surface area contributed by atoms with Crippen molar-refractivity contribution in [3.8, 4) is 0 Å². The number of hydrogen-bond acceptors (Lipinski definition) is 2. The zero-order chi connectivity index (χ0) is 17.4. The molecule has 0 radical (unpaired) electrons. The van der Waals surface area contributed by atoms with Crippen molar-refractivity contribution in [2.45, 2.75) is 32.2 Å². The van der Waals surface area contributed by atoms with E-state index in [0.29, 0.717) is 6.42 Å². The maximum atomic E-state index is 12.3. The molecule has 0 aliphatic rings. The molecule has 2 N–H and O–H groups in total. The first-order valence-corrected chi connectivity index (χ1v) is 8.22. The normalized spacial score (nSPS) is 10.7. The fourth-order valence-electron chi connectivity index (χ4n) is 2.61. The third-order valence-corrected chi connectivity index (χ3v) is 3.69. The van der Waals surface area contributed by atoms with Gasteiger partial charge in [0.1, 0.15) is 0 Å². The second kappa shape index (κ2) is 8.87. The van der Waals surface area contributed by atoms with E-state index in [1.54, 1.807) is 0 Å². The number of rotatable bonds is 7. The molecule has 0 saturated carbocycles. The molecule has 2 aromatic rings. The van der Waals surface area contributed by atoms with Crippen molar-refractivity contribution >= 4 is 11.8 Å². The van der Waals surface area contributed by atoms with Crippen LogP contribution in [0.15, 0.2) is 60.7 Å². The molecule has 0 fully saturated rings. The summed E-state index contributed by atoms with van der Waals surface area (Å²) in [5.41, 5.74) is 2.18. The molecule has 0 spiro atoms. The van der Waals surface area contributed by atoms with Crippen molar-refractivity contribution < 1.29 is 9.59 Å². The van der Waals surface area contributed by atoms with Gasteiger partial charge in [0.05, 0.1) is 6.54 Å². The zero-order valence-corrected chi connectivity index (χ0v) is 14.2. The standard InChI is InChI=1S/C20H24N2O2/c1-15(2)22-20(24)14-21-19(23)13-18(16-9-5-3-6-10-16)17-11-7-4-8-12-17/h3-12,15,18H,13-14H2,1-2H3,(H,21,23)(H,22,24). The topological polar surface area (TPSA) is 58.2 Å². The first-order chi connectivity index (χ1) is 11.6. The molecular formula is C20H24N2O2. The predicted molar refractivity (Wildman–Crippen MR) is 95.6 cm³/mol. The van der Waals surface area contributed by atoms with Crippen molar-refractivity contribution in [3.05, 3.63) is 71.8 Å². The molecule has 0 aliphatic heterocycles. The van der Waals surface area contributed by atoms with Crippen LogP contribution >= 0.6 is 0 Å². The van der Waals surface area contributed by atoms with Gasteiger partial charge in [-0.2, -0.15) is 0 Å². The van der Waals surface area contributed by atoms with Gasteiger partial charge in [-0.25, -0.2) is 0 Å². The van der Waals surface area contributed by atoms with Crippen molar-refractivity contribution in [2.75, 3.05) is 6.54 Å². The van der Waals surface area contributed by atoms with E-state index in [1.165, 1.54) is 0 Å². The number of hydrogen-bond donors (Lipinski definition) is 2. The Morgan fingerprint density at radius 1 is 0.833 bits per heavy atom. The van der Waals surface area contributed by atoms with Gasteiger partial charge in [0.15, 0.2) is 0 Å². The van der Waals surface area contributed by atoms with Gasteiger partial charge < -0.3 is 10.6 Å². The van der Waals surface area contributed by atoms with Crippen LogP contribution in [0.3, 0.4) is 0 Å². The van der Waals surface area contributed by atoms with Crippen molar-refractivity contribution in [1.29, 1.82) is 0 Å². The Hall–Kier alpha value is -2.62. The molecule has 4 heteroatoms. The Kier molecular flexibility index (Phi) is 6.55. The third kappa shape index (κ3) is 5.54. The van der Waals surface area contributed by atoms with Gasteiger partial charge in [-0.15, -0.1) is 0 Å². The van der Waals surface area contributed by atoms with E-state index in [2.05, 4.69) is 10.6 Å². The van der Waals surface area contributed by atoms with Crippen LogP contribution in [0.2, 0.25) is 0 Å². The summed E-state index contributed by atoms with van der Waals surface area (Å²) in [6.45, 7) is 3.79. The molecule has 2 rings (SSSR count).